The number of hydrogen-bond acceptors (Lipinski definition) is 4. The lowest BCUT2D eigenvalue weighted by molar-refractivity contribution is -0.116. The van der Waals surface area contributed by atoms with Gasteiger partial charge >= 0.3 is 0 Å². The standard InChI is InChI=1S/C12H16ClNO3/c13-7-3-9-17-14-8-2-4-10-11(15)5-1-6-12(10)16/h3,7-8,15H,1-2,4-6,9H2/b7-3+,14-8+. The van der Waals surface area contributed by atoms with Crippen molar-refractivity contribution in [1.82, 2.24) is 0 Å². The van der Waals surface area contributed by atoms with Gasteiger partial charge in [0.05, 0.1) is 5.76 Å². The molecular weight excluding hydrogens is 242 g/mol. The summed E-state index contributed by atoms with van der Waals surface area (Å²) >= 11 is 5.29. The van der Waals surface area contributed by atoms with E-state index in [0.29, 0.717) is 37.9 Å². The second-order valence-corrected chi connectivity index (χ2v) is 3.94. The van der Waals surface area contributed by atoms with Crippen LogP contribution in [0.5, 0.6) is 0 Å². The maximum atomic E-state index is 11.5. The van der Waals surface area contributed by atoms with Crippen LogP contribution in [0.15, 0.2) is 28.1 Å². The molecule has 0 saturated carbocycles. The van der Waals surface area contributed by atoms with Gasteiger partial charge in [0.2, 0.25) is 0 Å². The molecule has 1 aliphatic rings. The molecule has 0 saturated heterocycles. The minimum absolute atomic E-state index is 0.0492. The maximum absolute atomic E-state index is 11.5. The van der Waals surface area contributed by atoms with E-state index in [4.69, 9.17) is 16.4 Å². The molecule has 0 fully saturated rings. The molecule has 0 aromatic rings. The van der Waals surface area contributed by atoms with Crippen LogP contribution in [-0.2, 0) is 9.63 Å². The van der Waals surface area contributed by atoms with E-state index in [0.717, 1.165) is 6.42 Å². The van der Waals surface area contributed by atoms with Gasteiger partial charge in [-0.05, 0) is 25.3 Å². The molecule has 94 valence electrons. The molecule has 17 heavy (non-hydrogen) atoms. The zero-order chi connectivity index (χ0) is 12.5. The Kier molecular flexibility index (Phi) is 6.40. The Bertz CT molecular complexity index is 348. The quantitative estimate of drug-likeness (QED) is 0.452. The first-order valence-electron chi connectivity index (χ1n) is 5.59. The van der Waals surface area contributed by atoms with Crippen molar-refractivity contribution >= 4 is 23.6 Å². The van der Waals surface area contributed by atoms with Gasteiger partial charge in [-0.15, -0.1) is 0 Å². The highest BCUT2D eigenvalue weighted by Crippen LogP contribution is 2.22. The number of allylic oxidation sites excluding steroid dienone is 2. The Hall–Kier alpha value is -1.29. The zero-order valence-corrected chi connectivity index (χ0v) is 10.3. The fraction of sp³-hybridized carbons (Fsp3) is 0.500. The number of hydrogen-bond donors (Lipinski definition) is 1. The first kappa shape index (κ1) is 13.8. The Balaban J connectivity index is 2.28. The van der Waals surface area contributed by atoms with Crippen molar-refractivity contribution in [3.63, 3.8) is 0 Å². The summed E-state index contributed by atoms with van der Waals surface area (Å²) in [7, 11) is 0. The summed E-state index contributed by atoms with van der Waals surface area (Å²) < 4.78 is 0. The number of halogens is 1. The van der Waals surface area contributed by atoms with Crippen molar-refractivity contribution in [2.75, 3.05) is 6.61 Å². The lowest BCUT2D eigenvalue weighted by Crippen LogP contribution is -2.11. The van der Waals surface area contributed by atoms with Gasteiger partial charge in [0.15, 0.2) is 5.78 Å². The Morgan fingerprint density at radius 3 is 3.00 bits per heavy atom. The first-order valence-corrected chi connectivity index (χ1v) is 6.02. The van der Waals surface area contributed by atoms with Crippen LogP contribution in [0.4, 0.5) is 0 Å². The number of carbonyl (C=O) groups excluding carboxylic acids is 1. The van der Waals surface area contributed by atoms with Crippen molar-refractivity contribution in [3.8, 4) is 0 Å². The molecule has 1 rings (SSSR count). The van der Waals surface area contributed by atoms with Crippen LogP contribution in [0.1, 0.15) is 32.1 Å². The predicted octanol–water partition coefficient (Wildman–Crippen LogP) is 3.09. The molecule has 0 aromatic carbocycles. The van der Waals surface area contributed by atoms with Crippen molar-refractivity contribution in [2.24, 2.45) is 5.16 Å². The maximum Gasteiger partial charge on any atom is 0.162 e. The third kappa shape index (κ3) is 5.04. The van der Waals surface area contributed by atoms with Crippen molar-refractivity contribution < 1.29 is 14.7 Å². The topological polar surface area (TPSA) is 58.9 Å². The number of rotatable bonds is 6. The molecular formula is C12H16ClNO3. The molecule has 0 unspecified atom stereocenters. The average molecular weight is 258 g/mol. The van der Waals surface area contributed by atoms with E-state index < -0.39 is 0 Å². The number of Topliss-reactive ketones (excluding diaryl/α,β-unsaturated/α-hetero) is 1. The number of carbonyl (C=O) groups is 1. The molecule has 5 heteroatoms. The molecule has 0 amide bonds. The zero-order valence-electron chi connectivity index (χ0n) is 9.56. The van der Waals surface area contributed by atoms with E-state index in [1.165, 1.54) is 5.54 Å². The minimum atomic E-state index is 0.0492. The molecule has 0 heterocycles. The summed E-state index contributed by atoms with van der Waals surface area (Å²) in [6.07, 6.45) is 6.19. The van der Waals surface area contributed by atoms with Gasteiger partial charge < -0.3 is 9.94 Å². The Morgan fingerprint density at radius 1 is 1.47 bits per heavy atom. The van der Waals surface area contributed by atoms with Crippen molar-refractivity contribution in [3.05, 3.63) is 22.9 Å². The SMILES string of the molecule is O=C1CCCC(O)=C1CC/C=N/OC/C=C/Cl. The second-order valence-electron chi connectivity index (χ2n) is 3.69. The highest BCUT2D eigenvalue weighted by Gasteiger charge is 2.18. The monoisotopic (exact) mass is 257 g/mol. The van der Waals surface area contributed by atoms with Crippen LogP contribution < -0.4 is 0 Å². The Labute approximate surface area is 106 Å². The van der Waals surface area contributed by atoms with Gasteiger partial charge in [-0.3, -0.25) is 4.79 Å². The number of aliphatic hydroxyl groups excluding tert-OH is 1. The third-order valence-corrected chi connectivity index (χ3v) is 2.61. The predicted molar refractivity (Wildman–Crippen MR) is 67.2 cm³/mol. The van der Waals surface area contributed by atoms with Crippen molar-refractivity contribution in [2.45, 2.75) is 32.1 Å². The summed E-state index contributed by atoms with van der Waals surface area (Å²) in [6, 6.07) is 0. The molecule has 0 aliphatic heterocycles. The normalized spacial score (nSPS) is 17.4. The summed E-state index contributed by atoms with van der Waals surface area (Å²) in [5.41, 5.74) is 1.90. The van der Waals surface area contributed by atoms with Gasteiger partial charge in [-0.1, -0.05) is 16.8 Å². The minimum Gasteiger partial charge on any atom is -0.512 e. The molecule has 0 spiro atoms. The van der Waals surface area contributed by atoms with E-state index in [9.17, 15) is 9.90 Å². The number of nitrogens with zero attached hydrogens (tertiary/aromatic N) is 1. The van der Waals surface area contributed by atoms with Gasteiger partial charge in [-0.25, -0.2) is 0 Å². The number of aliphatic hydroxyl groups is 1. The third-order valence-electron chi connectivity index (χ3n) is 2.43. The molecule has 4 nitrogen and oxygen atoms in total. The lowest BCUT2D eigenvalue weighted by atomic mass is 9.93. The second kappa shape index (κ2) is 7.90. The van der Waals surface area contributed by atoms with Crippen molar-refractivity contribution in [1.29, 1.82) is 0 Å². The lowest BCUT2D eigenvalue weighted by Gasteiger charge is -2.13. The van der Waals surface area contributed by atoms with Crippen LogP contribution >= 0.6 is 11.6 Å². The van der Waals surface area contributed by atoms with E-state index in [2.05, 4.69) is 5.16 Å². The number of oxime groups is 1. The molecule has 0 radical (unpaired) electrons. The summed E-state index contributed by atoms with van der Waals surface area (Å²) in [5.74, 6) is 0.286. The summed E-state index contributed by atoms with van der Waals surface area (Å²) in [6.45, 7) is 0.326. The molecule has 0 atom stereocenters. The van der Waals surface area contributed by atoms with E-state index in [1.807, 2.05) is 0 Å². The van der Waals surface area contributed by atoms with Gasteiger partial charge in [-0.2, -0.15) is 0 Å². The van der Waals surface area contributed by atoms with Crippen LogP contribution in [-0.4, -0.2) is 23.7 Å². The van der Waals surface area contributed by atoms with Gasteiger partial charge in [0.1, 0.15) is 6.61 Å². The fourth-order valence-corrected chi connectivity index (χ4v) is 1.67. The summed E-state index contributed by atoms with van der Waals surface area (Å²) in [4.78, 5) is 16.3. The molecule has 0 aromatic heterocycles. The fourth-order valence-electron chi connectivity index (χ4n) is 1.60. The van der Waals surface area contributed by atoms with Gasteiger partial charge in [0.25, 0.3) is 0 Å². The van der Waals surface area contributed by atoms with E-state index in [-0.39, 0.29) is 11.5 Å². The molecule has 1 aliphatic carbocycles. The van der Waals surface area contributed by atoms with Gasteiger partial charge in [0, 0.05) is 30.2 Å². The van der Waals surface area contributed by atoms with Crippen LogP contribution in [0.2, 0.25) is 0 Å². The molecule has 0 bridgehead atoms. The smallest absolute Gasteiger partial charge is 0.162 e. The first-order chi connectivity index (χ1) is 8.25. The Morgan fingerprint density at radius 2 is 2.29 bits per heavy atom. The molecule has 1 N–H and O–H groups in total. The van der Waals surface area contributed by atoms with Crippen LogP contribution in [0.3, 0.4) is 0 Å². The summed E-state index contributed by atoms with van der Waals surface area (Å²) in [5, 5.41) is 13.3. The largest absolute Gasteiger partial charge is 0.512 e. The van der Waals surface area contributed by atoms with E-state index >= 15 is 0 Å². The van der Waals surface area contributed by atoms with Crippen LogP contribution in [0, 0.1) is 0 Å². The average Bonchev–Trinajstić information content (AvgIpc) is 2.31. The highest BCUT2D eigenvalue weighted by atomic mass is 35.5. The van der Waals surface area contributed by atoms with E-state index in [1.54, 1.807) is 12.3 Å². The van der Waals surface area contributed by atoms with Crippen LogP contribution in [0.25, 0.3) is 0 Å². The highest BCUT2D eigenvalue weighted by molar-refractivity contribution is 6.25. The number of ketones is 1.